The maximum Gasteiger partial charge on any atom is 0.123 e. The summed E-state index contributed by atoms with van der Waals surface area (Å²) in [6.45, 7) is 5.24. The molecule has 1 aromatic carbocycles. The standard InChI is InChI=1S/C17H26FNO2/c1-2-9-19-13-14-12-15(18)7-8-17(14)21-11-4-6-16-5-3-10-20-16/h7-8,12,16,19H,2-6,9-11,13H2,1H3. The van der Waals surface area contributed by atoms with Gasteiger partial charge in [-0.05, 0) is 56.8 Å². The Hall–Kier alpha value is -1.13. The zero-order chi connectivity index (χ0) is 14.9. The lowest BCUT2D eigenvalue weighted by molar-refractivity contribution is 0.0981. The minimum Gasteiger partial charge on any atom is -0.493 e. The van der Waals surface area contributed by atoms with E-state index in [0.29, 0.717) is 19.3 Å². The van der Waals surface area contributed by atoms with Gasteiger partial charge in [0, 0.05) is 18.7 Å². The third-order valence-electron chi connectivity index (χ3n) is 3.72. The molecule has 4 heteroatoms. The van der Waals surface area contributed by atoms with Crippen molar-refractivity contribution in [3.05, 3.63) is 29.6 Å². The maximum absolute atomic E-state index is 13.3. The van der Waals surface area contributed by atoms with Crippen LogP contribution in [-0.2, 0) is 11.3 Å². The fraction of sp³-hybridized carbons (Fsp3) is 0.647. The van der Waals surface area contributed by atoms with Crippen molar-refractivity contribution in [2.75, 3.05) is 19.8 Å². The van der Waals surface area contributed by atoms with Crippen LogP contribution in [0.15, 0.2) is 18.2 Å². The average Bonchev–Trinajstić information content (AvgIpc) is 2.99. The van der Waals surface area contributed by atoms with Gasteiger partial charge < -0.3 is 14.8 Å². The van der Waals surface area contributed by atoms with Crippen molar-refractivity contribution in [1.82, 2.24) is 5.32 Å². The topological polar surface area (TPSA) is 30.5 Å². The van der Waals surface area contributed by atoms with Crippen LogP contribution in [0.1, 0.15) is 44.6 Å². The van der Waals surface area contributed by atoms with Crippen LogP contribution in [0.5, 0.6) is 5.75 Å². The van der Waals surface area contributed by atoms with Crippen LogP contribution in [0, 0.1) is 5.82 Å². The van der Waals surface area contributed by atoms with Crippen LogP contribution < -0.4 is 10.1 Å². The van der Waals surface area contributed by atoms with E-state index >= 15 is 0 Å². The largest absolute Gasteiger partial charge is 0.493 e. The van der Waals surface area contributed by atoms with E-state index in [1.807, 2.05) is 0 Å². The van der Waals surface area contributed by atoms with Gasteiger partial charge in [-0.25, -0.2) is 4.39 Å². The minimum atomic E-state index is -0.213. The lowest BCUT2D eigenvalue weighted by atomic mass is 10.1. The quantitative estimate of drug-likeness (QED) is 0.705. The van der Waals surface area contributed by atoms with Gasteiger partial charge >= 0.3 is 0 Å². The number of benzene rings is 1. The van der Waals surface area contributed by atoms with Gasteiger partial charge in [0.25, 0.3) is 0 Å². The van der Waals surface area contributed by atoms with Crippen LogP contribution in [-0.4, -0.2) is 25.9 Å². The highest BCUT2D eigenvalue weighted by Gasteiger charge is 2.14. The summed E-state index contributed by atoms with van der Waals surface area (Å²) in [5.74, 6) is 0.572. The molecule has 1 fully saturated rings. The maximum atomic E-state index is 13.3. The first-order valence-electron chi connectivity index (χ1n) is 8.03. The molecule has 2 rings (SSSR count). The van der Waals surface area contributed by atoms with E-state index in [1.165, 1.54) is 18.9 Å². The van der Waals surface area contributed by atoms with E-state index in [1.54, 1.807) is 12.1 Å². The highest BCUT2D eigenvalue weighted by atomic mass is 19.1. The third kappa shape index (κ3) is 5.64. The van der Waals surface area contributed by atoms with Crippen molar-refractivity contribution in [1.29, 1.82) is 0 Å². The normalized spacial score (nSPS) is 18.1. The second-order valence-corrected chi connectivity index (χ2v) is 5.55. The Morgan fingerprint density at radius 1 is 1.43 bits per heavy atom. The van der Waals surface area contributed by atoms with Gasteiger partial charge in [-0.3, -0.25) is 0 Å². The van der Waals surface area contributed by atoms with E-state index in [4.69, 9.17) is 9.47 Å². The van der Waals surface area contributed by atoms with E-state index in [2.05, 4.69) is 12.2 Å². The van der Waals surface area contributed by atoms with Gasteiger partial charge in [-0.15, -0.1) is 0 Å². The smallest absolute Gasteiger partial charge is 0.123 e. The molecule has 1 aliphatic rings. The lowest BCUT2D eigenvalue weighted by Gasteiger charge is -2.13. The van der Waals surface area contributed by atoms with Gasteiger partial charge in [0.2, 0.25) is 0 Å². The zero-order valence-corrected chi connectivity index (χ0v) is 12.9. The number of hydrogen-bond donors (Lipinski definition) is 1. The van der Waals surface area contributed by atoms with Crippen LogP contribution in [0.2, 0.25) is 0 Å². The van der Waals surface area contributed by atoms with Crippen molar-refractivity contribution in [3.63, 3.8) is 0 Å². The third-order valence-corrected chi connectivity index (χ3v) is 3.72. The number of ether oxygens (including phenoxy) is 2. The monoisotopic (exact) mass is 295 g/mol. The van der Waals surface area contributed by atoms with Crippen LogP contribution in [0.25, 0.3) is 0 Å². The molecule has 0 bridgehead atoms. The summed E-state index contributed by atoms with van der Waals surface area (Å²) >= 11 is 0. The molecule has 0 spiro atoms. The Morgan fingerprint density at radius 3 is 3.10 bits per heavy atom. The molecule has 3 nitrogen and oxygen atoms in total. The summed E-state index contributed by atoms with van der Waals surface area (Å²) in [5.41, 5.74) is 0.889. The number of halogens is 1. The molecular formula is C17H26FNO2. The van der Waals surface area contributed by atoms with Crippen molar-refractivity contribution in [2.24, 2.45) is 0 Å². The van der Waals surface area contributed by atoms with Gasteiger partial charge in [-0.1, -0.05) is 6.92 Å². The number of rotatable bonds is 9. The first kappa shape index (κ1) is 16.2. The molecule has 1 saturated heterocycles. The predicted molar refractivity (Wildman–Crippen MR) is 82.1 cm³/mol. The molecule has 0 saturated carbocycles. The van der Waals surface area contributed by atoms with Crippen molar-refractivity contribution in [3.8, 4) is 5.75 Å². The van der Waals surface area contributed by atoms with E-state index in [0.717, 1.165) is 43.7 Å². The van der Waals surface area contributed by atoms with Gasteiger partial charge in [0.15, 0.2) is 0 Å². The fourth-order valence-corrected chi connectivity index (χ4v) is 2.59. The molecular weight excluding hydrogens is 269 g/mol. The van der Waals surface area contributed by atoms with Gasteiger partial charge in [-0.2, -0.15) is 0 Å². The minimum absolute atomic E-state index is 0.213. The second-order valence-electron chi connectivity index (χ2n) is 5.55. The second kappa shape index (κ2) is 9.00. The van der Waals surface area contributed by atoms with E-state index < -0.39 is 0 Å². The van der Waals surface area contributed by atoms with Crippen LogP contribution in [0.3, 0.4) is 0 Å². The number of hydrogen-bond acceptors (Lipinski definition) is 3. The van der Waals surface area contributed by atoms with Crippen molar-refractivity contribution in [2.45, 2.75) is 51.7 Å². The lowest BCUT2D eigenvalue weighted by Crippen LogP contribution is -2.15. The molecule has 1 atom stereocenters. The Balaban J connectivity index is 1.77. The Bertz CT molecular complexity index is 419. The van der Waals surface area contributed by atoms with E-state index in [-0.39, 0.29) is 5.82 Å². The highest BCUT2D eigenvalue weighted by Crippen LogP contribution is 2.21. The molecule has 118 valence electrons. The first-order chi connectivity index (χ1) is 10.3. The summed E-state index contributed by atoms with van der Waals surface area (Å²) in [6, 6.07) is 4.74. The Morgan fingerprint density at radius 2 is 2.33 bits per heavy atom. The van der Waals surface area contributed by atoms with Crippen LogP contribution in [0.4, 0.5) is 4.39 Å². The van der Waals surface area contributed by atoms with Crippen molar-refractivity contribution >= 4 is 0 Å². The Labute approximate surface area is 126 Å². The van der Waals surface area contributed by atoms with E-state index in [9.17, 15) is 4.39 Å². The molecule has 0 radical (unpaired) electrons. The summed E-state index contributed by atoms with van der Waals surface area (Å²) in [5, 5.41) is 3.29. The van der Waals surface area contributed by atoms with Crippen molar-refractivity contribution < 1.29 is 13.9 Å². The highest BCUT2D eigenvalue weighted by molar-refractivity contribution is 5.33. The van der Waals surface area contributed by atoms with Gasteiger partial charge in [0.05, 0.1) is 12.7 Å². The molecule has 0 aromatic heterocycles. The number of nitrogens with one attached hydrogen (secondary N) is 1. The zero-order valence-electron chi connectivity index (χ0n) is 12.9. The average molecular weight is 295 g/mol. The SMILES string of the molecule is CCCNCc1cc(F)ccc1OCCCC1CCCO1. The fourth-order valence-electron chi connectivity index (χ4n) is 2.59. The first-order valence-corrected chi connectivity index (χ1v) is 8.03. The summed E-state index contributed by atoms with van der Waals surface area (Å²) < 4.78 is 24.8. The summed E-state index contributed by atoms with van der Waals surface area (Å²) in [4.78, 5) is 0. The van der Waals surface area contributed by atoms with Crippen LogP contribution >= 0.6 is 0 Å². The predicted octanol–water partition coefficient (Wildman–Crippen LogP) is 3.66. The molecule has 0 aliphatic carbocycles. The molecule has 1 aliphatic heterocycles. The molecule has 0 amide bonds. The molecule has 21 heavy (non-hydrogen) atoms. The molecule has 1 unspecified atom stereocenters. The Kier molecular flexibility index (Phi) is 6.96. The van der Waals surface area contributed by atoms with Gasteiger partial charge in [0.1, 0.15) is 11.6 Å². The summed E-state index contributed by atoms with van der Waals surface area (Å²) in [6.07, 6.45) is 5.84. The molecule has 1 aromatic rings. The molecule has 1 heterocycles. The molecule has 1 N–H and O–H groups in total. The summed E-state index contributed by atoms with van der Waals surface area (Å²) in [7, 11) is 0.